The summed E-state index contributed by atoms with van der Waals surface area (Å²) in [6.45, 7) is 1.13. The summed E-state index contributed by atoms with van der Waals surface area (Å²) in [7, 11) is -4.15. The normalized spacial score (nSPS) is 14.7. The zero-order valence-electron chi connectivity index (χ0n) is 22.6. The average Bonchev–Trinajstić information content (AvgIpc) is 2.97. The Morgan fingerprint density at radius 1 is 0.902 bits per heavy atom. The van der Waals surface area contributed by atoms with E-state index >= 15 is 0 Å². The van der Waals surface area contributed by atoms with Gasteiger partial charge in [0.15, 0.2) is 0 Å². The minimum absolute atomic E-state index is 0.0226. The summed E-state index contributed by atoms with van der Waals surface area (Å²) >= 11 is 18.4. The average molecular weight is 637 g/mol. The van der Waals surface area contributed by atoms with Crippen molar-refractivity contribution in [2.75, 3.05) is 10.8 Å². The van der Waals surface area contributed by atoms with Crippen molar-refractivity contribution in [3.05, 3.63) is 93.4 Å². The second-order valence-electron chi connectivity index (χ2n) is 10.1. The van der Waals surface area contributed by atoms with E-state index in [0.717, 1.165) is 36.4 Å². The largest absolute Gasteiger partial charge is 0.352 e. The summed E-state index contributed by atoms with van der Waals surface area (Å²) in [6, 6.07) is 18.2. The Morgan fingerprint density at radius 2 is 1.56 bits per heavy atom. The van der Waals surface area contributed by atoms with Gasteiger partial charge in [-0.15, -0.1) is 0 Å². The molecule has 41 heavy (non-hydrogen) atoms. The van der Waals surface area contributed by atoms with Crippen molar-refractivity contribution in [2.24, 2.45) is 0 Å². The molecule has 11 heteroatoms. The summed E-state index contributed by atoms with van der Waals surface area (Å²) < 4.78 is 28.6. The second kappa shape index (κ2) is 13.9. The first-order chi connectivity index (χ1) is 19.6. The molecule has 1 aliphatic carbocycles. The highest BCUT2D eigenvalue weighted by molar-refractivity contribution is 7.92. The van der Waals surface area contributed by atoms with Crippen molar-refractivity contribution >= 4 is 62.3 Å². The van der Waals surface area contributed by atoms with Gasteiger partial charge in [-0.1, -0.05) is 78.3 Å². The lowest BCUT2D eigenvalue weighted by molar-refractivity contribution is -0.139. The fourth-order valence-electron chi connectivity index (χ4n) is 4.84. The van der Waals surface area contributed by atoms with Gasteiger partial charge in [0, 0.05) is 17.6 Å². The number of anilines is 1. The van der Waals surface area contributed by atoms with Crippen molar-refractivity contribution in [1.82, 2.24) is 10.2 Å². The summed E-state index contributed by atoms with van der Waals surface area (Å²) in [5.74, 6) is -0.855. The minimum Gasteiger partial charge on any atom is -0.352 e. The maximum Gasteiger partial charge on any atom is 0.264 e. The van der Waals surface area contributed by atoms with E-state index in [0.29, 0.717) is 20.6 Å². The molecule has 3 aromatic carbocycles. The lowest BCUT2D eigenvalue weighted by Gasteiger charge is -2.33. The SMILES string of the molecule is C[C@@H](C(=O)NC1CCCCC1)N(Cc1ccc(Cl)c(Cl)c1)C(=O)CN(c1ccc(Cl)cc1)S(=O)(=O)c1ccccc1. The maximum absolute atomic E-state index is 14.0. The van der Waals surface area contributed by atoms with E-state index < -0.39 is 28.5 Å². The molecule has 0 unspecified atom stereocenters. The van der Waals surface area contributed by atoms with E-state index in [4.69, 9.17) is 34.8 Å². The van der Waals surface area contributed by atoms with E-state index in [2.05, 4.69) is 5.32 Å². The van der Waals surface area contributed by atoms with Crippen molar-refractivity contribution < 1.29 is 18.0 Å². The highest BCUT2D eigenvalue weighted by Gasteiger charge is 2.33. The van der Waals surface area contributed by atoms with Gasteiger partial charge < -0.3 is 10.2 Å². The van der Waals surface area contributed by atoms with E-state index in [1.54, 1.807) is 67.6 Å². The zero-order chi connectivity index (χ0) is 29.6. The molecule has 0 aromatic heterocycles. The lowest BCUT2D eigenvalue weighted by Crippen LogP contribution is -2.53. The molecule has 1 atom stereocenters. The van der Waals surface area contributed by atoms with Crippen LogP contribution in [0.2, 0.25) is 15.1 Å². The number of hydrogen-bond acceptors (Lipinski definition) is 4. The fraction of sp³-hybridized carbons (Fsp3) is 0.333. The molecule has 7 nitrogen and oxygen atoms in total. The van der Waals surface area contributed by atoms with Gasteiger partial charge in [-0.3, -0.25) is 13.9 Å². The summed E-state index contributed by atoms with van der Waals surface area (Å²) in [5, 5.41) is 4.17. The van der Waals surface area contributed by atoms with Crippen LogP contribution in [0.25, 0.3) is 0 Å². The molecule has 0 saturated heterocycles. The van der Waals surface area contributed by atoms with Crippen LogP contribution in [0, 0.1) is 0 Å². The van der Waals surface area contributed by atoms with E-state index in [-0.39, 0.29) is 29.1 Å². The molecule has 1 fully saturated rings. The quantitative estimate of drug-likeness (QED) is 0.268. The number of nitrogens with one attached hydrogen (secondary N) is 1. The molecule has 1 aliphatic rings. The third-order valence-corrected chi connectivity index (χ3v) is 9.96. The van der Waals surface area contributed by atoms with Gasteiger partial charge in [0.25, 0.3) is 10.0 Å². The third kappa shape index (κ3) is 7.95. The molecule has 0 radical (unpaired) electrons. The smallest absolute Gasteiger partial charge is 0.264 e. The van der Waals surface area contributed by atoms with Crippen LogP contribution in [0.1, 0.15) is 44.6 Å². The molecule has 0 bridgehead atoms. The predicted molar refractivity (Wildman–Crippen MR) is 164 cm³/mol. The van der Waals surface area contributed by atoms with Gasteiger partial charge in [-0.25, -0.2) is 8.42 Å². The molecular formula is C30H32Cl3N3O4S. The summed E-state index contributed by atoms with van der Waals surface area (Å²) in [4.78, 5) is 28.8. The Labute approximate surface area is 256 Å². The predicted octanol–water partition coefficient (Wildman–Crippen LogP) is 6.71. The van der Waals surface area contributed by atoms with Gasteiger partial charge in [0.2, 0.25) is 11.8 Å². The van der Waals surface area contributed by atoms with Crippen molar-refractivity contribution in [3.63, 3.8) is 0 Å². The number of carbonyl (C=O) groups excluding carboxylic acids is 2. The van der Waals surface area contributed by atoms with Crippen LogP contribution in [-0.4, -0.2) is 43.8 Å². The lowest BCUT2D eigenvalue weighted by atomic mass is 9.95. The molecule has 0 spiro atoms. The van der Waals surface area contributed by atoms with Crippen LogP contribution in [0.3, 0.4) is 0 Å². The Kier molecular flexibility index (Phi) is 10.6. The molecule has 1 N–H and O–H groups in total. The number of rotatable bonds is 10. The van der Waals surface area contributed by atoms with Gasteiger partial charge in [0.1, 0.15) is 12.6 Å². The first kappa shape index (κ1) is 31.2. The Balaban J connectivity index is 1.67. The third-order valence-electron chi connectivity index (χ3n) is 7.18. The number of sulfonamides is 1. The number of amides is 2. The highest BCUT2D eigenvalue weighted by atomic mass is 35.5. The molecule has 2 amide bonds. The topological polar surface area (TPSA) is 86.8 Å². The van der Waals surface area contributed by atoms with Gasteiger partial charge in [0.05, 0.1) is 20.6 Å². The van der Waals surface area contributed by atoms with E-state index in [1.165, 1.54) is 17.0 Å². The number of halogens is 3. The van der Waals surface area contributed by atoms with Crippen LogP contribution >= 0.6 is 34.8 Å². The van der Waals surface area contributed by atoms with Crippen LogP contribution in [0.5, 0.6) is 0 Å². The monoisotopic (exact) mass is 635 g/mol. The number of nitrogens with zero attached hydrogens (tertiary/aromatic N) is 2. The number of benzene rings is 3. The standard InChI is InChI=1S/C30H32Cl3N3O4S/c1-21(30(38)34-24-8-4-2-5-9-24)35(19-22-12-17-27(32)28(33)18-22)29(37)20-36(25-15-13-23(31)14-16-25)41(39,40)26-10-6-3-7-11-26/h3,6-7,10-18,21,24H,2,4-5,8-9,19-20H2,1H3,(H,34,38)/t21-/m0/s1. The van der Waals surface area contributed by atoms with Crippen molar-refractivity contribution in [3.8, 4) is 0 Å². The first-order valence-electron chi connectivity index (χ1n) is 13.4. The second-order valence-corrected chi connectivity index (χ2v) is 13.2. The maximum atomic E-state index is 14.0. The van der Waals surface area contributed by atoms with Crippen molar-refractivity contribution in [2.45, 2.75) is 62.6 Å². The fourth-order valence-corrected chi connectivity index (χ4v) is 6.72. The van der Waals surface area contributed by atoms with Crippen LogP contribution in [0.4, 0.5) is 5.69 Å². The number of carbonyl (C=O) groups is 2. The van der Waals surface area contributed by atoms with Gasteiger partial charge in [-0.05, 0) is 73.9 Å². The van der Waals surface area contributed by atoms with E-state index in [1.807, 2.05) is 0 Å². The Bertz CT molecular complexity index is 1460. The summed E-state index contributed by atoms with van der Waals surface area (Å²) in [5.41, 5.74) is 0.912. The molecule has 0 heterocycles. The molecule has 0 aliphatic heterocycles. The first-order valence-corrected chi connectivity index (χ1v) is 16.0. The summed E-state index contributed by atoms with van der Waals surface area (Å²) in [6.07, 6.45) is 5.00. The molecule has 218 valence electrons. The Morgan fingerprint density at radius 3 is 2.20 bits per heavy atom. The van der Waals surface area contributed by atoms with Crippen LogP contribution in [-0.2, 0) is 26.2 Å². The van der Waals surface area contributed by atoms with Gasteiger partial charge >= 0.3 is 0 Å². The number of hydrogen-bond donors (Lipinski definition) is 1. The molecular weight excluding hydrogens is 605 g/mol. The van der Waals surface area contributed by atoms with E-state index in [9.17, 15) is 18.0 Å². The minimum atomic E-state index is -4.15. The van der Waals surface area contributed by atoms with Gasteiger partial charge in [-0.2, -0.15) is 0 Å². The highest BCUT2D eigenvalue weighted by Crippen LogP contribution is 2.27. The van der Waals surface area contributed by atoms with Crippen molar-refractivity contribution in [1.29, 1.82) is 0 Å². The molecule has 4 rings (SSSR count). The molecule has 1 saturated carbocycles. The van der Waals surface area contributed by atoms with Crippen LogP contribution in [0.15, 0.2) is 77.7 Å². The molecule has 3 aromatic rings. The zero-order valence-corrected chi connectivity index (χ0v) is 25.7. The van der Waals surface area contributed by atoms with Crippen LogP contribution < -0.4 is 9.62 Å². The Hall–Kier alpha value is -2.78.